The smallest absolute Gasteiger partial charge is 0.258 e. The van der Waals surface area contributed by atoms with Crippen LogP contribution in [-0.4, -0.2) is 9.38 Å². The van der Waals surface area contributed by atoms with E-state index in [0.717, 1.165) is 5.69 Å². The lowest BCUT2D eigenvalue weighted by atomic mass is 10.5. The Morgan fingerprint density at radius 3 is 3.25 bits per heavy atom. The van der Waals surface area contributed by atoms with Crippen LogP contribution in [0.25, 0.3) is 4.96 Å². The SMILES string of the molecule is O=c1ccnc2scc(CCl)n12. The fourth-order valence-electron chi connectivity index (χ4n) is 1.00. The molecule has 12 heavy (non-hydrogen) atoms. The molecule has 2 rings (SSSR count). The first kappa shape index (κ1) is 7.76. The molecule has 2 heterocycles. The minimum atomic E-state index is -0.0723. The zero-order valence-electron chi connectivity index (χ0n) is 6.03. The predicted octanol–water partition coefficient (Wildman–Crippen LogP) is 1.49. The highest BCUT2D eigenvalue weighted by Gasteiger charge is 2.03. The molecule has 0 amide bonds. The number of thiazole rings is 1. The molecule has 0 bridgehead atoms. The molecule has 0 N–H and O–H groups in total. The van der Waals surface area contributed by atoms with Crippen LogP contribution in [0.1, 0.15) is 5.69 Å². The van der Waals surface area contributed by atoms with E-state index < -0.39 is 0 Å². The zero-order chi connectivity index (χ0) is 8.55. The van der Waals surface area contributed by atoms with Gasteiger partial charge in [0.1, 0.15) is 0 Å². The van der Waals surface area contributed by atoms with Crippen molar-refractivity contribution in [3.05, 3.63) is 33.7 Å². The molecule has 5 heteroatoms. The van der Waals surface area contributed by atoms with Gasteiger partial charge in [0.25, 0.3) is 5.56 Å². The predicted molar refractivity (Wildman–Crippen MR) is 48.9 cm³/mol. The van der Waals surface area contributed by atoms with Crippen LogP contribution >= 0.6 is 22.9 Å². The normalized spacial score (nSPS) is 10.8. The van der Waals surface area contributed by atoms with Gasteiger partial charge in [0.2, 0.25) is 0 Å². The Morgan fingerprint density at radius 2 is 2.50 bits per heavy atom. The number of fused-ring (bicyclic) bond motifs is 1. The standard InChI is InChI=1S/C7H5ClN2OS/c8-3-5-4-12-7-9-2-1-6(11)10(5)7/h1-2,4H,3H2. The Bertz CT molecular complexity index is 462. The molecule has 0 radical (unpaired) electrons. The van der Waals surface area contributed by atoms with Gasteiger partial charge in [-0.2, -0.15) is 0 Å². The molecule has 0 saturated carbocycles. The summed E-state index contributed by atoms with van der Waals surface area (Å²) in [4.78, 5) is 16.0. The summed E-state index contributed by atoms with van der Waals surface area (Å²) in [6.45, 7) is 0. The average Bonchev–Trinajstić information content (AvgIpc) is 2.49. The molecule has 0 atom stereocenters. The Kier molecular flexibility index (Phi) is 1.86. The van der Waals surface area contributed by atoms with Crippen molar-refractivity contribution in [3.8, 4) is 0 Å². The second-order valence-electron chi connectivity index (χ2n) is 2.26. The monoisotopic (exact) mass is 200 g/mol. The first-order valence-electron chi connectivity index (χ1n) is 3.33. The Hall–Kier alpha value is -0.870. The molecule has 2 aromatic heterocycles. The van der Waals surface area contributed by atoms with Crippen molar-refractivity contribution in [2.24, 2.45) is 0 Å². The third-order valence-electron chi connectivity index (χ3n) is 1.54. The van der Waals surface area contributed by atoms with Crippen LogP contribution in [0, 0.1) is 0 Å². The Labute approximate surface area is 77.2 Å². The van der Waals surface area contributed by atoms with Gasteiger partial charge in [0.15, 0.2) is 4.96 Å². The number of rotatable bonds is 1. The van der Waals surface area contributed by atoms with E-state index in [1.807, 2.05) is 5.38 Å². The summed E-state index contributed by atoms with van der Waals surface area (Å²) in [5.74, 6) is 0.339. The van der Waals surface area contributed by atoms with E-state index in [0.29, 0.717) is 10.8 Å². The summed E-state index contributed by atoms with van der Waals surface area (Å²) in [5, 5.41) is 1.84. The lowest BCUT2D eigenvalue weighted by Crippen LogP contribution is -2.12. The van der Waals surface area contributed by atoms with E-state index in [1.165, 1.54) is 28.0 Å². The molecule has 2 aromatic rings. The lowest BCUT2D eigenvalue weighted by molar-refractivity contribution is 1.01. The third-order valence-corrected chi connectivity index (χ3v) is 2.70. The molecule has 62 valence electrons. The number of hydrogen-bond acceptors (Lipinski definition) is 3. The van der Waals surface area contributed by atoms with Gasteiger partial charge in [-0.15, -0.1) is 22.9 Å². The highest BCUT2D eigenvalue weighted by Crippen LogP contribution is 2.12. The molecular weight excluding hydrogens is 196 g/mol. The van der Waals surface area contributed by atoms with Crippen LogP contribution in [0.15, 0.2) is 22.4 Å². The maximum absolute atomic E-state index is 11.3. The van der Waals surface area contributed by atoms with Gasteiger partial charge >= 0.3 is 0 Å². The first-order chi connectivity index (χ1) is 5.83. The van der Waals surface area contributed by atoms with Crippen LogP contribution in [0.2, 0.25) is 0 Å². The third kappa shape index (κ3) is 1.04. The molecule has 0 spiro atoms. The van der Waals surface area contributed by atoms with E-state index in [2.05, 4.69) is 4.98 Å². The van der Waals surface area contributed by atoms with E-state index in [1.54, 1.807) is 0 Å². The molecular formula is C7H5ClN2OS. The molecule has 0 fully saturated rings. The number of hydrogen-bond donors (Lipinski definition) is 0. The summed E-state index contributed by atoms with van der Waals surface area (Å²) in [5.41, 5.74) is 0.728. The molecule has 0 unspecified atom stereocenters. The van der Waals surface area contributed by atoms with Crippen LogP contribution < -0.4 is 5.56 Å². The first-order valence-corrected chi connectivity index (χ1v) is 4.74. The molecule has 0 aromatic carbocycles. The fourth-order valence-corrected chi connectivity index (χ4v) is 2.16. The minimum absolute atomic E-state index is 0.0723. The molecule has 3 nitrogen and oxygen atoms in total. The van der Waals surface area contributed by atoms with E-state index in [9.17, 15) is 4.79 Å². The largest absolute Gasteiger partial charge is 0.269 e. The number of nitrogens with zero attached hydrogens (tertiary/aromatic N) is 2. The van der Waals surface area contributed by atoms with Gasteiger partial charge in [-0.1, -0.05) is 0 Å². The minimum Gasteiger partial charge on any atom is -0.269 e. The quantitative estimate of drug-likeness (QED) is 0.654. The van der Waals surface area contributed by atoms with Crippen LogP contribution in [0.3, 0.4) is 0 Å². The van der Waals surface area contributed by atoms with Crippen LogP contribution in [0.5, 0.6) is 0 Å². The topological polar surface area (TPSA) is 34.4 Å². The second kappa shape index (κ2) is 2.88. The number of halogens is 1. The number of alkyl halides is 1. The van der Waals surface area contributed by atoms with Crippen molar-refractivity contribution in [1.29, 1.82) is 0 Å². The summed E-state index contributed by atoms with van der Waals surface area (Å²) >= 11 is 7.06. The van der Waals surface area contributed by atoms with Gasteiger partial charge < -0.3 is 0 Å². The van der Waals surface area contributed by atoms with Gasteiger partial charge in [-0.3, -0.25) is 9.20 Å². The van der Waals surface area contributed by atoms with E-state index >= 15 is 0 Å². The van der Waals surface area contributed by atoms with Crippen molar-refractivity contribution in [2.45, 2.75) is 5.88 Å². The summed E-state index contributed by atoms with van der Waals surface area (Å²) in [7, 11) is 0. The van der Waals surface area contributed by atoms with Gasteiger partial charge in [-0.25, -0.2) is 4.98 Å². The summed E-state index contributed by atoms with van der Waals surface area (Å²) in [6.07, 6.45) is 1.51. The maximum Gasteiger partial charge on any atom is 0.258 e. The van der Waals surface area contributed by atoms with Crippen molar-refractivity contribution in [2.75, 3.05) is 0 Å². The molecule has 0 aliphatic rings. The zero-order valence-corrected chi connectivity index (χ0v) is 7.60. The van der Waals surface area contributed by atoms with E-state index in [-0.39, 0.29) is 5.56 Å². The number of aromatic nitrogens is 2. The van der Waals surface area contributed by atoms with E-state index in [4.69, 9.17) is 11.6 Å². The highest BCUT2D eigenvalue weighted by atomic mass is 35.5. The van der Waals surface area contributed by atoms with Gasteiger partial charge in [0.05, 0.1) is 11.6 Å². The molecule has 0 aliphatic carbocycles. The van der Waals surface area contributed by atoms with Gasteiger partial charge in [0, 0.05) is 17.6 Å². The van der Waals surface area contributed by atoms with Gasteiger partial charge in [-0.05, 0) is 0 Å². The fraction of sp³-hybridized carbons (Fsp3) is 0.143. The molecule has 0 aliphatic heterocycles. The van der Waals surface area contributed by atoms with Crippen molar-refractivity contribution < 1.29 is 0 Å². The van der Waals surface area contributed by atoms with Crippen LogP contribution in [-0.2, 0) is 5.88 Å². The highest BCUT2D eigenvalue weighted by molar-refractivity contribution is 7.15. The van der Waals surface area contributed by atoms with Crippen molar-refractivity contribution in [1.82, 2.24) is 9.38 Å². The van der Waals surface area contributed by atoms with Crippen LogP contribution in [0.4, 0.5) is 0 Å². The van der Waals surface area contributed by atoms with Crippen molar-refractivity contribution >= 4 is 27.9 Å². The molecule has 0 saturated heterocycles. The Balaban J connectivity index is 2.92. The summed E-state index contributed by atoms with van der Waals surface area (Å²) < 4.78 is 1.53. The Morgan fingerprint density at radius 1 is 1.67 bits per heavy atom. The second-order valence-corrected chi connectivity index (χ2v) is 3.37. The average molecular weight is 201 g/mol. The maximum atomic E-state index is 11.3. The summed E-state index contributed by atoms with van der Waals surface area (Å²) in [6, 6.07) is 1.43. The lowest BCUT2D eigenvalue weighted by Gasteiger charge is -1.93. The van der Waals surface area contributed by atoms with Crippen molar-refractivity contribution in [3.63, 3.8) is 0 Å².